The van der Waals surface area contributed by atoms with Crippen molar-refractivity contribution in [3.63, 3.8) is 0 Å². The third-order valence-electron chi connectivity index (χ3n) is 10.5. The summed E-state index contributed by atoms with van der Waals surface area (Å²) in [4.78, 5) is 0. The maximum atomic E-state index is 11.1. The van der Waals surface area contributed by atoms with Crippen LogP contribution in [0.5, 0.6) is 0 Å². The highest BCUT2D eigenvalue weighted by molar-refractivity contribution is 5.35. The first-order valence-electron chi connectivity index (χ1n) is 12.8. The van der Waals surface area contributed by atoms with E-state index >= 15 is 0 Å². The van der Waals surface area contributed by atoms with Gasteiger partial charge in [-0.05, 0) is 99.2 Å². The van der Waals surface area contributed by atoms with E-state index in [1.807, 2.05) is 5.57 Å². The fraction of sp³-hybridized carbons (Fsp3) is 0.857. The predicted octanol–water partition coefficient (Wildman–Crippen LogP) is 7.70. The first kappa shape index (κ1) is 21.7. The van der Waals surface area contributed by atoms with Crippen LogP contribution in [0.15, 0.2) is 23.3 Å². The molecule has 0 aromatic carbocycles. The van der Waals surface area contributed by atoms with E-state index in [0.29, 0.717) is 11.3 Å². The van der Waals surface area contributed by atoms with E-state index in [1.54, 1.807) is 5.57 Å². The van der Waals surface area contributed by atoms with Crippen LogP contribution in [0.2, 0.25) is 0 Å². The zero-order valence-electron chi connectivity index (χ0n) is 19.9. The summed E-state index contributed by atoms with van der Waals surface area (Å²) in [5.74, 6) is 3.80. The van der Waals surface area contributed by atoms with Crippen LogP contribution in [0.3, 0.4) is 0 Å². The molecule has 2 fully saturated rings. The molecule has 0 radical (unpaired) electrons. The van der Waals surface area contributed by atoms with Gasteiger partial charge in [-0.15, -0.1) is 0 Å². The smallest absolute Gasteiger partial charge is 0.0633 e. The molecule has 0 bridgehead atoms. The summed E-state index contributed by atoms with van der Waals surface area (Å²) in [5, 5.41) is 11.1. The minimum absolute atomic E-state index is 0.0892. The summed E-state index contributed by atoms with van der Waals surface area (Å²) in [6.07, 6.45) is 14.1. The first-order valence-corrected chi connectivity index (χ1v) is 12.8. The second kappa shape index (κ2) is 7.85. The fourth-order valence-corrected chi connectivity index (χ4v) is 8.39. The van der Waals surface area contributed by atoms with Crippen LogP contribution < -0.4 is 0 Å². The monoisotopic (exact) mass is 398 g/mol. The average molecular weight is 399 g/mol. The lowest BCUT2D eigenvalue weighted by atomic mass is 9.50. The molecule has 1 nitrogen and oxygen atoms in total. The van der Waals surface area contributed by atoms with Crippen molar-refractivity contribution in [1.29, 1.82) is 0 Å². The summed E-state index contributed by atoms with van der Waals surface area (Å²) in [6.45, 7) is 16.5. The molecule has 0 heterocycles. The van der Waals surface area contributed by atoms with Gasteiger partial charge in [-0.25, -0.2) is 0 Å². The molecule has 0 aliphatic heterocycles. The Hall–Kier alpha value is -0.560. The van der Waals surface area contributed by atoms with Gasteiger partial charge < -0.3 is 5.11 Å². The van der Waals surface area contributed by atoms with Gasteiger partial charge in [0.2, 0.25) is 0 Å². The van der Waals surface area contributed by atoms with Crippen LogP contribution in [0.4, 0.5) is 0 Å². The Bertz CT molecular complexity index is 672. The maximum absolute atomic E-state index is 11.1. The second-order valence-corrected chi connectivity index (χ2v) is 12.0. The van der Waals surface area contributed by atoms with Gasteiger partial charge in [0.25, 0.3) is 0 Å². The van der Waals surface area contributed by atoms with E-state index in [-0.39, 0.29) is 11.5 Å². The van der Waals surface area contributed by atoms with Crippen molar-refractivity contribution in [1.82, 2.24) is 0 Å². The molecule has 0 aromatic rings. The largest absolute Gasteiger partial charge is 0.392 e. The van der Waals surface area contributed by atoms with E-state index < -0.39 is 0 Å². The number of aliphatic hydroxyl groups is 1. The maximum Gasteiger partial charge on any atom is 0.0633 e. The minimum atomic E-state index is -0.103. The third kappa shape index (κ3) is 3.38. The molecule has 4 aliphatic rings. The van der Waals surface area contributed by atoms with Crippen LogP contribution in [-0.2, 0) is 0 Å². The van der Waals surface area contributed by atoms with Gasteiger partial charge >= 0.3 is 0 Å². The Labute approximate surface area is 180 Å². The number of allylic oxidation sites excluding steroid dienone is 2. The third-order valence-corrected chi connectivity index (χ3v) is 10.5. The molecule has 164 valence electrons. The number of hydrogen-bond acceptors (Lipinski definition) is 1. The lowest BCUT2D eigenvalue weighted by molar-refractivity contribution is -0.0363. The normalized spacial score (nSPS) is 43.0. The molecule has 2 saturated carbocycles. The van der Waals surface area contributed by atoms with E-state index in [4.69, 9.17) is 0 Å². The zero-order valence-corrected chi connectivity index (χ0v) is 19.9. The summed E-state index contributed by atoms with van der Waals surface area (Å²) in [7, 11) is 0. The topological polar surface area (TPSA) is 20.2 Å². The average Bonchev–Trinajstić information content (AvgIpc) is 3.04. The van der Waals surface area contributed by atoms with Crippen molar-refractivity contribution in [3.05, 3.63) is 23.3 Å². The van der Waals surface area contributed by atoms with Crippen molar-refractivity contribution in [2.45, 2.75) is 111 Å². The lowest BCUT2D eigenvalue weighted by Gasteiger charge is -2.56. The molecule has 1 N–H and O–H groups in total. The van der Waals surface area contributed by atoms with Gasteiger partial charge in [0.15, 0.2) is 0 Å². The molecule has 0 amide bonds. The number of fused-ring (bicyclic) bond motifs is 4. The van der Waals surface area contributed by atoms with Gasteiger partial charge in [-0.1, -0.05) is 64.3 Å². The van der Waals surface area contributed by atoms with Crippen LogP contribution in [0.25, 0.3) is 0 Å². The highest BCUT2D eigenvalue weighted by atomic mass is 16.3. The quantitative estimate of drug-likeness (QED) is 0.470. The molecule has 4 rings (SSSR count). The Balaban J connectivity index is 1.55. The number of hydrogen-bond donors (Lipinski definition) is 1. The van der Waals surface area contributed by atoms with E-state index in [1.165, 1.54) is 69.8 Å². The van der Waals surface area contributed by atoms with Crippen molar-refractivity contribution in [2.75, 3.05) is 0 Å². The van der Waals surface area contributed by atoms with Gasteiger partial charge in [-0.2, -0.15) is 0 Å². The molecule has 0 spiro atoms. The van der Waals surface area contributed by atoms with E-state index in [9.17, 15) is 5.11 Å². The molecule has 4 aliphatic carbocycles. The standard InChI is InChI=1S/C28H46O/c1-18(2)19(3)10-11-20(4)23-14-15-24-22-13-12-21-8-7-9-26(29)28(21,6)25(22)16-17-27(23,24)5/h18,20-21,23-24,26,29H,3,7-17H2,1-2,4-6H3/t20-,21?,23-,24+,26?,27-,28+/m1/s1. The van der Waals surface area contributed by atoms with Crippen molar-refractivity contribution >= 4 is 0 Å². The summed E-state index contributed by atoms with van der Waals surface area (Å²) in [6, 6.07) is 0. The Morgan fingerprint density at radius 2 is 1.83 bits per heavy atom. The molecule has 0 aromatic heterocycles. The van der Waals surface area contributed by atoms with Gasteiger partial charge in [0, 0.05) is 5.41 Å². The van der Waals surface area contributed by atoms with Crippen molar-refractivity contribution in [3.8, 4) is 0 Å². The zero-order chi connectivity index (χ0) is 21.0. The summed E-state index contributed by atoms with van der Waals surface area (Å²) in [5.41, 5.74) is 5.55. The first-order chi connectivity index (χ1) is 13.7. The van der Waals surface area contributed by atoms with E-state index in [0.717, 1.165) is 30.1 Å². The van der Waals surface area contributed by atoms with Crippen molar-refractivity contribution in [2.24, 2.45) is 40.4 Å². The Morgan fingerprint density at radius 1 is 1.07 bits per heavy atom. The molecular weight excluding hydrogens is 352 g/mol. The number of aliphatic hydroxyl groups excluding tert-OH is 1. The molecule has 0 saturated heterocycles. The Morgan fingerprint density at radius 3 is 2.55 bits per heavy atom. The molecule has 7 atom stereocenters. The Kier molecular flexibility index (Phi) is 5.86. The predicted molar refractivity (Wildman–Crippen MR) is 124 cm³/mol. The molecular formula is C28H46O. The SMILES string of the molecule is C=C(CC[C@@H](C)[C@H]1CC[C@H]2C3=C(CC[C@]12C)[C@@]1(C)C(O)CCCC1CC3)C(C)C. The van der Waals surface area contributed by atoms with E-state index in [2.05, 4.69) is 41.2 Å². The van der Waals surface area contributed by atoms with Crippen LogP contribution >= 0.6 is 0 Å². The molecule has 2 unspecified atom stereocenters. The highest BCUT2D eigenvalue weighted by Crippen LogP contribution is 2.66. The fourth-order valence-electron chi connectivity index (χ4n) is 8.39. The molecule has 1 heteroatoms. The van der Waals surface area contributed by atoms with Gasteiger partial charge in [-0.3, -0.25) is 0 Å². The number of rotatable bonds is 5. The van der Waals surface area contributed by atoms with Crippen LogP contribution in [0.1, 0.15) is 105 Å². The van der Waals surface area contributed by atoms with Gasteiger partial charge in [0.05, 0.1) is 6.10 Å². The van der Waals surface area contributed by atoms with Crippen LogP contribution in [0, 0.1) is 40.4 Å². The molecule has 29 heavy (non-hydrogen) atoms. The van der Waals surface area contributed by atoms with Gasteiger partial charge in [0.1, 0.15) is 0 Å². The summed E-state index contributed by atoms with van der Waals surface area (Å²) >= 11 is 0. The van der Waals surface area contributed by atoms with Crippen LogP contribution in [-0.4, -0.2) is 11.2 Å². The minimum Gasteiger partial charge on any atom is -0.392 e. The summed E-state index contributed by atoms with van der Waals surface area (Å²) < 4.78 is 0. The second-order valence-electron chi connectivity index (χ2n) is 12.0. The van der Waals surface area contributed by atoms with Crippen molar-refractivity contribution < 1.29 is 5.11 Å². The lowest BCUT2D eigenvalue weighted by Crippen LogP contribution is -2.49. The highest BCUT2D eigenvalue weighted by Gasteiger charge is 2.57.